The van der Waals surface area contributed by atoms with E-state index in [4.69, 9.17) is 13.9 Å². The summed E-state index contributed by atoms with van der Waals surface area (Å²) in [4.78, 5) is 50.6. The lowest BCUT2D eigenvalue weighted by Crippen LogP contribution is -2.54. The van der Waals surface area contributed by atoms with Crippen molar-refractivity contribution < 1.29 is 33.1 Å². The van der Waals surface area contributed by atoms with E-state index in [9.17, 15) is 19.2 Å². The van der Waals surface area contributed by atoms with Crippen LogP contribution in [0, 0.1) is 0 Å². The summed E-state index contributed by atoms with van der Waals surface area (Å²) in [6.45, 7) is 0. The summed E-state index contributed by atoms with van der Waals surface area (Å²) in [5.74, 6) is -1.10. The molecule has 9 heteroatoms. The van der Waals surface area contributed by atoms with Crippen LogP contribution in [0.1, 0.15) is 16.1 Å². The van der Waals surface area contributed by atoms with Gasteiger partial charge in [-0.2, -0.15) is 0 Å². The van der Waals surface area contributed by atoms with Gasteiger partial charge >= 0.3 is 12.0 Å². The Hall–Kier alpha value is -4.66. The number of benzene rings is 2. The van der Waals surface area contributed by atoms with Gasteiger partial charge in [-0.1, -0.05) is 18.2 Å². The highest BCUT2D eigenvalue weighted by molar-refractivity contribution is 6.39. The zero-order chi connectivity index (χ0) is 23.5. The van der Waals surface area contributed by atoms with Crippen LogP contribution in [0.4, 0.5) is 10.5 Å². The van der Waals surface area contributed by atoms with Gasteiger partial charge in [-0.15, -0.1) is 0 Å². The Labute approximate surface area is 188 Å². The van der Waals surface area contributed by atoms with Crippen molar-refractivity contribution in [1.29, 1.82) is 0 Å². The van der Waals surface area contributed by atoms with Gasteiger partial charge in [-0.25, -0.2) is 14.5 Å². The Morgan fingerprint density at radius 2 is 1.70 bits per heavy atom. The number of carbonyl (C=O) groups excluding carboxylic acids is 4. The van der Waals surface area contributed by atoms with E-state index in [0.29, 0.717) is 22.6 Å². The summed E-state index contributed by atoms with van der Waals surface area (Å²) < 4.78 is 15.6. The number of ether oxygens (including phenoxy) is 2. The molecule has 1 saturated heterocycles. The number of anilines is 1. The van der Waals surface area contributed by atoms with Crippen LogP contribution in [0.5, 0.6) is 5.75 Å². The van der Waals surface area contributed by atoms with Gasteiger partial charge in [0.05, 0.1) is 25.5 Å². The minimum Gasteiger partial charge on any atom is -0.497 e. The maximum Gasteiger partial charge on any atom is 0.338 e. The standard InChI is InChI=1S/C24H18N2O7/c1-31-15-9-7-14(8-10-15)26-22(28)19(21(27)25-24(26)30)13-16-11-12-20(33-16)17-5-3-4-6-18(17)23(29)32-2/h3-13H,1-2H3,(H,25,27,30). The van der Waals surface area contributed by atoms with Gasteiger partial charge in [-0.05, 0) is 48.5 Å². The van der Waals surface area contributed by atoms with Gasteiger partial charge in [0, 0.05) is 5.56 Å². The van der Waals surface area contributed by atoms with Crippen LogP contribution in [-0.4, -0.2) is 38.0 Å². The van der Waals surface area contributed by atoms with Gasteiger partial charge in [0.25, 0.3) is 11.8 Å². The fourth-order valence-electron chi connectivity index (χ4n) is 3.33. The van der Waals surface area contributed by atoms with Gasteiger partial charge < -0.3 is 13.9 Å². The topological polar surface area (TPSA) is 115 Å². The molecule has 1 aliphatic rings. The molecule has 4 amide bonds. The van der Waals surface area contributed by atoms with Crippen molar-refractivity contribution in [3.05, 3.63) is 77.6 Å². The van der Waals surface area contributed by atoms with Crippen molar-refractivity contribution in [2.45, 2.75) is 0 Å². The van der Waals surface area contributed by atoms with Gasteiger partial charge in [0.1, 0.15) is 22.8 Å². The number of furan rings is 1. The van der Waals surface area contributed by atoms with Crippen molar-refractivity contribution >= 4 is 35.6 Å². The Bertz CT molecular complexity index is 1290. The number of esters is 1. The minimum absolute atomic E-state index is 0.187. The Balaban J connectivity index is 1.67. The molecular weight excluding hydrogens is 428 g/mol. The average molecular weight is 446 g/mol. The molecule has 1 aliphatic heterocycles. The maximum absolute atomic E-state index is 13.0. The Morgan fingerprint density at radius 1 is 0.970 bits per heavy atom. The molecule has 1 N–H and O–H groups in total. The predicted molar refractivity (Wildman–Crippen MR) is 117 cm³/mol. The number of hydrogen-bond acceptors (Lipinski definition) is 7. The lowest BCUT2D eigenvalue weighted by molar-refractivity contribution is -0.122. The number of amides is 4. The minimum atomic E-state index is -0.862. The highest BCUT2D eigenvalue weighted by Gasteiger charge is 2.37. The summed E-state index contributed by atoms with van der Waals surface area (Å²) in [7, 11) is 2.77. The molecule has 2 heterocycles. The Kier molecular flexibility index (Phi) is 5.77. The smallest absolute Gasteiger partial charge is 0.338 e. The zero-order valence-corrected chi connectivity index (χ0v) is 17.7. The average Bonchev–Trinajstić information content (AvgIpc) is 3.30. The van der Waals surface area contributed by atoms with Crippen molar-refractivity contribution in [1.82, 2.24) is 5.32 Å². The number of carbonyl (C=O) groups is 4. The monoisotopic (exact) mass is 446 g/mol. The summed E-state index contributed by atoms with van der Waals surface area (Å²) in [5, 5.41) is 2.15. The molecule has 0 radical (unpaired) electrons. The van der Waals surface area contributed by atoms with Crippen LogP contribution < -0.4 is 15.0 Å². The number of imide groups is 2. The fraction of sp³-hybridized carbons (Fsp3) is 0.0833. The first-order chi connectivity index (χ1) is 15.9. The number of hydrogen-bond donors (Lipinski definition) is 1. The number of methoxy groups -OCH3 is 2. The van der Waals surface area contributed by atoms with Gasteiger partial charge in [0.15, 0.2) is 0 Å². The second-order valence-corrected chi connectivity index (χ2v) is 6.90. The summed E-state index contributed by atoms with van der Waals surface area (Å²) in [6, 6.07) is 15.2. The lowest BCUT2D eigenvalue weighted by Gasteiger charge is -2.26. The van der Waals surface area contributed by atoms with Gasteiger partial charge in [0.2, 0.25) is 0 Å². The molecule has 2 aromatic carbocycles. The lowest BCUT2D eigenvalue weighted by atomic mass is 10.1. The molecule has 0 atom stereocenters. The predicted octanol–water partition coefficient (Wildman–Crippen LogP) is 3.41. The van der Waals surface area contributed by atoms with Crippen LogP contribution in [0.15, 0.2) is 70.7 Å². The normalized spacial score (nSPS) is 14.9. The summed E-state index contributed by atoms with van der Waals surface area (Å²) in [6.07, 6.45) is 1.24. The summed E-state index contributed by atoms with van der Waals surface area (Å²) in [5.41, 5.74) is 0.774. The van der Waals surface area contributed by atoms with Crippen LogP contribution in [0.25, 0.3) is 17.4 Å². The fourth-order valence-corrected chi connectivity index (χ4v) is 3.33. The third kappa shape index (κ3) is 4.11. The molecule has 0 spiro atoms. The first kappa shape index (κ1) is 21.6. The van der Waals surface area contributed by atoms with Crippen LogP contribution in [0.3, 0.4) is 0 Å². The summed E-state index contributed by atoms with van der Waals surface area (Å²) >= 11 is 0. The van der Waals surface area contributed by atoms with E-state index in [1.54, 1.807) is 48.5 Å². The maximum atomic E-state index is 13.0. The molecule has 0 unspecified atom stereocenters. The molecule has 33 heavy (non-hydrogen) atoms. The van der Waals surface area contributed by atoms with Crippen LogP contribution in [-0.2, 0) is 14.3 Å². The molecule has 1 fully saturated rings. The number of barbiturate groups is 1. The van der Waals surface area contributed by atoms with E-state index in [0.717, 1.165) is 4.90 Å². The van der Waals surface area contributed by atoms with Gasteiger partial charge in [-0.3, -0.25) is 14.9 Å². The number of urea groups is 1. The molecule has 9 nitrogen and oxygen atoms in total. The molecule has 3 aromatic rings. The first-order valence-corrected chi connectivity index (χ1v) is 9.76. The molecule has 0 aliphatic carbocycles. The van der Waals surface area contributed by atoms with Crippen molar-refractivity contribution in [2.24, 2.45) is 0 Å². The second kappa shape index (κ2) is 8.83. The van der Waals surface area contributed by atoms with E-state index in [-0.39, 0.29) is 17.0 Å². The Morgan fingerprint density at radius 3 is 2.39 bits per heavy atom. The quantitative estimate of drug-likeness (QED) is 0.363. The van der Waals surface area contributed by atoms with E-state index < -0.39 is 23.8 Å². The van der Waals surface area contributed by atoms with Crippen molar-refractivity contribution in [3.63, 3.8) is 0 Å². The largest absolute Gasteiger partial charge is 0.497 e. The van der Waals surface area contributed by atoms with Crippen molar-refractivity contribution in [3.8, 4) is 17.1 Å². The van der Waals surface area contributed by atoms with E-state index in [1.807, 2.05) is 0 Å². The highest BCUT2D eigenvalue weighted by atomic mass is 16.5. The number of nitrogens with one attached hydrogen (secondary N) is 1. The van der Waals surface area contributed by atoms with Crippen molar-refractivity contribution in [2.75, 3.05) is 19.1 Å². The number of rotatable bonds is 5. The first-order valence-electron chi connectivity index (χ1n) is 9.76. The third-order valence-electron chi connectivity index (χ3n) is 4.94. The van der Waals surface area contributed by atoms with Crippen LogP contribution >= 0.6 is 0 Å². The highest BCUT2D eigenvalue weighted by Crippen LogP contribution is 2.29. The second-order valence-electron chi connectivity index (χ2n) is 6.90. The SMILES string of the molecule is COC(=O)c1ccccc1-c1ccc(C=C2C(=O)NC(=O)N(c3ccc(OC)cc3)C2=O)o1. The third-order valence-corrected chi connectivity index (χ3v) is 4.94. The molecule has 1 aromatic heterocycles. The van der Waals surface area contributed by atoms with Crippen LogP contribution in [0.2, 0.25) is 0 Å². The molecule has 4 rings (SSSR count). The molecule has 166 valence electrons. The molecule has 0 saturated carbocycles. The molecular formula is C24H18N2O7. The zero-order valence-electron chi connectivity index (χ0n) is 17.7. The molecule has 0 bridgehead atoms. The number of nitrogens with zero attached hydrogens (tertiary/aromatic N) is 1. The van der Waals surface area contributed by atoms with E-state index >= 15 is 0 Å². The van der Waals surface area contributed by atoms with E-state index in [1.165, 1.54) is 32.4 Å². The van der Waals surface area contributed by atoms with E-state index in [2.05, 4.69) is 5.32 Å².